The van der Waals surface area contributed by atoms with E-state index in [-0.39, 0.29) is 30.7 Å². The zero-order chi connectivity index (χ0) is 13.8. The van der Waals surface area contributed by atoms with Crippen LogP contribution in [0.4, 0.5) is 0 Å². The van der Waals surface area contributed by atoms with Crippen molar-refractivity contribution in [1.82, 2.24) is 0 Å². The molecule has 7 heteroatoms. The zero-order valence-electron chi connectivity index (χ0n) is 11.9. The lowest BCUT2D eigenvalue weighted by atomic mass is 9.97. The average molecular weight is 278 g/mol. The number of hydrogen-bond acceptors (Lipinski definition) is 5. The summed E-state index contributed by atoms with van der Waals surface area (Å²) in [5.41, 5.74) is 0. The molecule has 0 spiro atoms. The zero-order valence-corrected chi connectivity index (χ0v) is 12.8. The molecule has 0 unspecified atom stereocenters. The van der Waals surface area contributed by atoms with E-state index in [1.165, 1.54) is 0 Å². The van der Waals surface area contributed by atoms with Gasteiger partial charge in [-0.15, -0.1) is 0 Å². The van der Waals surface area contributed by atoms with Crippen LogP contribution < -0.4 is 0 Å². The van der Waals surface area contributed by atoms with E-state index in [4.69, 9.17) is 18.5 Å². The molecule has 1 fully saturated rings. The van der Waals surface area contributed by atoms with Gasteiger partial charge in [0.05, 0.1) is 24.9 Å². The van der Waals surface area contributed by atoms with Crippen LogP contribution in [0.15, 0.2) is 0 Å². The quantitative estimate of drug-likeness (QED) is 0.524. The van der Waals surface area contributed by atoms with Gasteiger partial charge in [0.15, 0.2) is 0 Å². The Morgan fingerprint density at radius 1 is 1.28 bits per heavy atom. The molecule has 0 radical (unpaired) electrons. The fourth-order valence-electron chi connectivity index (χ4n) is 1.82. The van der Waals surface area contributed by atoms with Gasteiger partial charge in [-0.05, 0) is 34.1 Å². The predicted molar refractivity (Wildman–Crippen MR) is 72.7 cm³/mol. The molecule has 1 rings (SSSR count). The van der Waals surface area contributed by atoms with Gasteiger partial charge in [0.25, 0.3) is 0 Å². The summed E-state index contributed by atoms with van der Waals surface area (Å²) < 4.78 is 34.3. The van der Waals surface area contributed by atoms with Crippen molar-refractivity contribution in [2.75, 3.05) is 13.0 Å². The summed E-state index contributed by atoms with van der Waals surface area (Å²) in [6.45, 7) is 7.87. The number of ether oxygens (including phenoxy) is 2. The Morgan fingerprint density at radius 3 is 2.22 bits per heavy atom. The number of rotatable bonds is 7. The Kier molecular flexibility index (Phi) is 6.35. The molecule has 5 nitrogen and oxygen atoms in total. The van der Waals surface area contributed by atoms with Crippen LogP contribution in [0.2, 0.25) is 0 Å². The third-order valence-electron chi connectivity index (χ3n) is 2.37. The third-order valence-corrected chi connectivity index (χ3v) is 4.32. The van der Waals surface area contributed by atoms with Gasteiger partial charge in [0, 0.05) is 6.00 Å². The molecule has 0 amide bonds. The maximum atomic E-state index is 12.5. The molecule has 18 heavy (non-hydrogen) atoms. The standard InChI is InChI=1S/C11H24BO5P/c1-8(2)16-18(13,17-9(3)4)7-15-10-5-11(12)14-6-10/h8-11H,5-7,12H2,1-4H3/t10-,11+/m0/s1. The highest BCUT2D eigenvalue weighted by atomic mass is 31.2. The van der Waals surface area contributed by atoms with E-state index < -0.39 is 7.60 Å². The van der Waals surface area contributed by atoms with Crippen molar-refractivity contribution in [3.8, 4) is 0 Å². The monoisotopic (exact) mass is 278 g/mol. The Hall–Kier alpha value is 0.135. The summed E-state index contributed by atoms with van der Waals surface area (Å²) in [4.78, 5) is 0. The van der Waals surface area contributed by atoms with Crippen molar-refractivity contribution in [3.63, 3.8) is 0 Å². The predicted octanol–water partition coefficient (Wildman–Crippen LogP) is 1.75. The Morgan fingerprint density at radius 2 is 1.83 bits per heavy atom. The van der Waals surface area contributed by atoms with Gasteiger partial charge >= 0.3 is 7.60 Å². The lowest BCUT2D eigenvalue weighted by Gasteiger charge is -2.23. The van der Waals surface area contributed by atoms with E-state index >= 15 is 0 Å². The fraction of sp³-hybridized carbons (Fsp3) is 1.00. The van der Waals surface area contributed by atoms with Crippen molar-refractivity contribution >= 4 is 15.4 Å². The minimum absolute atomic E-state index is 0.00981. The summed E-state index contributed by atoms with van der Waals surface area (Å²) in [7, 11) is -1.18. The van der Waals surface area contributed by atoms with Crippen molar-refractivity contribution in [2.45, 2.75) is 58.4 Å². The van der Waals surface area contributed by atoms with Crippen molar-refractivity contribution in [2.24, 2.45) is 0 Å². The minimum Gasteiger partial charge on any atom is -0.384 e. The van der Waals surface area contributed by atoms with Gasteiger partial charge < -0.3 is 18.5 Å². The van der Waals surface area contributed by atoms with E-state index in [1.807, 2.05) is 35.5 Å². The first-order valence-corrected chi connectivity index (χ1v) is 8.22. The summed E-state index contributed by atoms with van der Waals surface area (Å²) >= 11 is 0. The van der Waals surface area contributed by atoms with Crippen LogP contribution in [-0.4, -0.2) is 45.1 Å². The summed E-state index contributed by atoms with van der Waals surface area (Å²) in [5.74, 6) is 0. The molecular formula is C11H24BO5P. The fourth-order valence-corrected chi connectivity index (χ4v) is 3.67. The second-order valence-electron chi connectivity index (χ2n) is 5.22. The smallest absolute Gasteiger partial charge is 0.356 e. The first-order valence-electron chi connectivity index (χ1n) is 6.50. The van der Waals surface area contributed by atoms with E-state index in [0.29, 0.717) is 6.61 Å². The highest BCUT2D eigenvalue weighted by Crippen LogP contribution is 2.50. The Labute approximate surface area is 110 Å². The average Bonchev–Trinajstić information content (AvgIpc) is 2.59. The molecule has 2 atom stereocenters. The van der Waals surface area contributed by atoms with Gasteiger partial charge in [-0.25, -0.2) is 0 Å². The molecular weight excluding hydrogens is 254 g/mol. The van der Waals surface area contributed by atoms with Gasteiger partial charge in [0.2, 0.25) is 0 Å². The topological polar surface area (TPSA) is 54.0 Å². The van der Waals surface area contributed by atoms with Crippen LogP contribution >= 0.6 is 7.60 Å². The van der Waals surface area contributed by atoms with Crippen molar-refractivity contribution in [1.29, 1.82) is 0 Å². The maximum absolute atomic E-state index is 12.5. The second kappa shape index (κ2) is 7.06. The molecule has 1 aliphatic heterocycles. The van der Waals surface area contributed by atoms with E-state index in [2.05, 4.69) is 0 Å². The van der Waals surface area contributed by atoms with E-state index in [1.54, 1.807) is 0 Å². The summed E-state index contributed by atoms with van der Waals surface area (Å²) in [6, 6.07) is 0.200. The highest BCUT2D eigenvalue weighted by Gasteiger charge is 2.31. The molecule has 0 aromatic rings. The normalized spacial score (nSPS) is 25.2. The maximum Gasteiger partial charge on any atom is 0.356 e. The van der Waals surface area contributed by atoms with Crippen LogP contribution in [0, 0.1) is 0 Å². The molecule has 0 aromatic heterocycles. The van der Waals surface area contributed by atoms with Gasteiger partial charge in [-0.1, -0.05) is 0 Å². The SMILES string of the molecule is B[C@H]1C[C@H](OCP(=O)(OC(C)C)OC(C)C)CO1. The molecule has 0 bridgehead atoms. The minimum atomic E-state index is -3.18. The first kappa shape index (κ1) is 16.2. The molecule has 0 saturated carbocycles. The van der Waals surface area contributed by atoms with E-state index in [0.717, 1.165) is 6.42 Å². The van der Waals surface area contributed by atoms with E-state index in [9.17, 15) is 4.57 Å². The van der Waals surface area contributed by atoms with Gasteiger partial charge in [-0.3, -0.25) is 4.57 Å². The molecule has 1 saturated heterocycles. The molecule has 0 aliphatic carbocycles. The lowest BCUT2D eigenvalue weighted by molar-refractivity contribution is 0.0443. The van der Waals surface area contributed by atoms with Crippen LogP contribution in [0.5, 0.6) is 0 Å². The van der Waals surface area contributed by atoms with Gasteiger partial charge in [0.1, 0.15) is 14.2 Å². The lowest BCUT2D eigenvalue weighted by Crippen LogP contribution is -2.18. The number of hydrogen-bond donors (Lipinski definition) is 0. The summed E-state index contributed by atoms with van der Waals surface area (Å²) in [6.07, 6.45) is 0.488. The molecule has 0 aromatic carbocycles. The Balaban J connectivity index is 2.48. The molecule has 1 aliphatic rings. The van der Waals surface area contributed by atoms with Crippen LogP contribution in [0.25, 0.3) is 0 Å². The second-order valence-corrected chi connectivity index (χ2v) is 7.12. The molecule has 0 N–H and O–H groups in total. The molecule has 106 valence electrons. The summed E-state index contributed by atoms with van der Waals surface area (Å²) in [5, 5.41) is 0. The molecule has 1 heterocycles. The highest BCUT2D eigenvalue weighted by molar-refractivity contribution is 7.53. The largest absolute Gasteiger partial charge is 0.384 e. The Bertz CT molecular complexity index is 283. The van der Waals surface area contributed by atoms with Crippen molar-refractivity contribution < 1.29 is 23.1 Å². The third kappa shape index (κ3) is 5.85. The first-order chi connectivity index (χ1) is 8.31. The van der Waals surface area contributed by atoms with Crippen LogP contribution in [0.3, 0.4) is 0 Å². The van der Waals surface area contributed by atoms with Crippen LogP contribution in [0.1, 0.15) is 34.1 Å². The van der Waals surface area contributed by atoms with Crippen LogP contribution in [-0.2, 0) is 23.1 Å². The van der Waals surface area contributed by atoms with Crippen molar-refractivity contribution in [3.05, 3.63) is 0 Å². The van der Waals surface area contributed by atoms with Gasteiger partial charge in [-0.2, -0.15) is 0 Å².